The second kappa shape index (κ2) is 4.28. The summed E-state index contributed by atoms with van der Waals surface area (Å²) < 4.78 is 2.08. The van der Waals surface area contributed by atoms with Crippen LogP contribution in [-0.4, -0.2) is 4.98 Å². The SMILES string of the molecule is Cc1cc(C)c(C)c(-c2cc(C)nc[n+]2C)c1. The van der Waals surface area contributed by atoms with Gasteiger partial charge in [0.15, 0.2) is 5.69 Å². The van der Waals surface area contributed by atoms with Crippen LogP contribution in [0.2, 0.25) is 0 Å². The molecule has 88 valence electrons. The second-order valence-corrected chi connectivity index (χ2v) is 4.78. The molecule has 1 aromatic heterocycles. The molecule has 0 amide bonds. The molecule has 0 atom stereocenters. The van der Waals surface area contributed by atoms with Gasteiger partial charge in [0.05, 0.1) is 7.05 Å². The van der Waals surface area contributed by atoms with Gasteiger partial charge in [-0.2, -0.15) is 0 Å². The lowest BCUT2D eigenvalue weighted by Crippen LogP contribution is -2.31. The fraction of sp³-hybridized carbons (Fsp3) is 0.333. The van der Waals surface area contributed by atoms with E-state index < -0.39 is 0 Å². The number of benzene rings is 1. The van der Waals surface area contributed by atoms with Crippen LogP contribution in [-0.2, 0) is 7.05 Å². The quantitative estimate of drug-likeness (QED) is 0.685. The molecule has 0 aliphatic carbocycles. The summed E-state index contributed by atoms with van der Waals surface area (Å²) in [5.74, 6) is 0. The minimum atomic E-state index is 1.05. The Balaban J connectivity index is 2.72. The maximum absolute atomic E-state index is 4.30. The third-order valence-electron chi connectivity index (χ3n) is 3.25. The van der Waals surface area contributed by atoms with Crippen molar-refractivity contribution in [1.29, 1.82) is 0 Å². The van der Waals surface area contributed by atoms with Crippen molar-refractivity contribution in [3.8, 4) is 11.3 Å². The first-order valence-electron chi connectivity index (χ1n) is 5.89. The van der Waals surface area contributed by atoms with E-state index >= 15 is 0 Å². The molecule has 2 nitrogen and oxygen atoms in total. The molecule has 2 aromatic rings. The van der Waals surface area contributed by atoms with Gasteiger partial charge >= 0.3 is 0 Å². The van der Waals surface area contributed by atoms with Crippen LogP contribution in [0.25, 0.3) is 11.3 Å². The molecular formula is C15H19N2+. The van der Waals surface area contributed by atoms with E-state index in [2.05, 4.69) is 48.5 Å². The largest absolute Gasteiger partial charge is 0.286 e. The fourth-order valence-corrected chi connectivity index (χ4v) is 2.15. The Bertz CT molecular complexity index is 571. The van der Waals surface area contributed by atoms with Gasteiger partial charge in [0.1, 0.15) is 5.69 Å². The lowest BCUT2D eigenvalue weighted by atomic mass is 9.97. The first-order valence-corrected chi connectivity index (χ1v) is 5.89. The van der Waals surface area contributed by atoms with Gasteiger partial charge in [0.25, 0.3) is 6.33 Å². The number of hydrogen-bond acceptors (Lipinski definition) is 1. The van der Waals surface area contributed by atoms with Crippen molar-refractivity contribution in [2.75, 3.05) is 0 Å². The predicted octanol–water partition coefficient (Wildman–Crippen LogP) is 2.81. The minimum absolute atomic E-state index is 1.05. The lowest BCUT2D eigenvalue weighted by Gasteiger charge is -2.10. The van der Waals surface area contributed by atoms with E-state index in [4.69, 9.17) is 0 Å². The summed E-state index contributed by atoms with van der Waals surface area (Å²) in [5, 5.41) is 0. The van der Waals surface area contributed by atoms with Crippen molar-refractivity contribution in [3.05, 3.63) is 46.9 Å². The van der Waals surface area contributed by atoms with E-state index in [1.165, 1.54) is 27.9 Å². The molecule has 0 unspecified atom stereocenters. The Morgan fingerprint density at radius 2 is 1.71 bits per heavy atom. The first-order chi connectivity index (χ1) is 7.99. The summed E-state index contributed by atoms with van der Waals surface area (Å²) in [7, 11) is 2.04. The summed E-state index contributed by atoms with van der Waals surface area (Å²) >= 11 is 0. The Morgan fingerprint density at radius 3 is 2.41 bits per heavy atom. The minimum Gasteiger partial charge on any atom is -0.233 e. The van der Waals surface area contributed by atoms with Crippen LogP contribution in [0, 0.1) is 27.7 Å². The Labute approximate surface area is 103 Å². The standard InChI is InChI=1S/C15H19N2/c1-10-6-11(2)13(4)14(7-10)15-8-12(3)16-9-17(15)5/h6-9H,1-5H3/q+1. The van der Waals surface area contributed by atoms with E-state index in [-0.39, 0.29) is 0 Å². The van der Waals surface area contributed by atoms with Crippen molar-refractivity contribution in [3.63, 3.8) is 0 Å². The molecule has 1 aromatic carbocycles. The lowest BCUT2D eigenvalue weighted by molar-refractivity contribution is -0.663. The Morgan fingerprint density at radius 1 is 1.00 bits per heavy atom. The molecule has 0 bridgehead atoms. The summed E-state index contributed by atoms with van der Waals surface area (Å²) in [6.07, 6.45) is 1.88. The van der Waals surface area contributed by atoms with Crippen LogP contribution >= 0.6 is 0 Å². The predicted molar refractivity (Wildman–Crippen MR) is 69.8 cm³/mol. The maximum Gasteiger partial charge on any atom is 0.286 e. The highest BCUT2D eigenvalue weighted by Crippen LogP contribution is 2.24. The van der Waals surface area contributed by atoms with Gasteiger partial charge in [-0.1, -0.05) is 16.6 Å². The maximum atomic E-state index is 4.30. The van der Waals surface area contributed by atoms with Gasteiger partial charge in [-0.05, 0) is 38.0 Å². The molecule has 0 fully saturated rings. The van der Waals surface area contributed by atoms with E-state index in [0.717, 1.165) is 5.69 Å². The highest BCUT2D eigenvalue weighted by Gasteiger charge is 2.12. The highest BCUT2D eigenvalue weighted by atomic mass is 15.0. The monoisotopic (exact) mass is 227 g/mol. The van der Waals surface area contributed by atoms with Gasteiger partial charge in [-0.3, -0.25) is 0 Å². The van der Waals surface area contributed by atoms with Crippen LogP contribution < -0.4 is 4.57 Å². The third-order valence-corrected chi connectivity index (χ3v) is 3.25. The molecule has 0 aliphatic heterocycles. The molecule has 2 heteroatoms. The smallest absolute Gasteiger partial charge is 0.233 e. The topological polar surface area (TPSA) is 16.8 Å². The average molecular weight is 227 g/mol. The summed E-state index contributed by atoms with van der Waals surface area (Å²) in [4.78, 5) is 4.30. The number of aromatic nitrogens is 2. The van der Waals surface area contributed by atoms with E-state index in [1.54, 1.807) is 0 Å². The summed E-state index contributed by atoms with van der Waals surface area (Å²) in [6, 6.07) is 6.62. The van der Waals surface area contributed by atoms with Crippen LogP contribution in [0.1, 0.15) is 22.4 Å². The van der Waals surface area contributed by atoms with E-state index in [0.29, 0.717) is 0 Å². The zero-order valence-corrected chi connectivity index (χ0v) is 11.2. The van der Waals surface area contributed by atoms with Gasteiger partial charge in [0.2, 0.25) is 0 Å². The Kier molecular flexibility index (Phi) is 2.97. The number of nitrogens with zero attached hydrogens (tertiary/aromatic N) is 2. The molecule has 0 aliphatic rings. The van der Waals surface area contributed by atoms with Crippen LogP contribution in [0.3, 0.4) is 0 Å². The molecule has 0 saturated heterocycles. The normalized spacial score (nSPS) is 10.6. The van der Waals surface area contributed by atoms with Gasteiger partial charge < -0.3 is 0 Å². The molecule has 2 rings (SSSR count). The zero-order chi connectivity index (χ0) is 12.6. The molecule has 0 N–H and O–H groups in total. The van der Waals surface area contributed by atoms with Crippen LogP contribution in [0.15, 0.2) is 24.5 Å². The van der Waals surface area contributed by atoms with Gasteiger partial charge in [-0.25, -0.2) is 4.57 Å². The molecule has 17 heavy (non-hydrogen) atoms. The van der Waals surface area contributed by atoms with Crippen molar-refractivity contribution in [2.24, 2.45) is 7.05 Å². The number of hydrogen-bond donors (Lipinski definition) is 0. The van der Waals surface area contributed by atoms with Crippen molar-refractivity contribution >= 4 is 0 Å². The molecule has 0 spiro atoms. The van der Waals surface area contributed by atoms with Gasteiger partial charge in [0, 0.05) is 18.6 Å². The number of rotatable bonds is 1. The third kappa shape index (κ3) is 2.21. The molecule has 0 radical (unpaired) electrons. The van der Waals surface area contributed by atoms with Crippen molar-refractivity contribution in [2.45, 2.75) is 27.7 Å². The van der Waals surface area contributed by atoms with E-state index in [1.807, 2.05) is 20.3 Å². The summed E-state index contributed by atoms with van der Waals surface area (Å²) in [6.45, 7) is 8.52. The molecule has 1 heterocycles. The van der Waals surface area contributed by atoms with Crippen molar-refractivity contribution < 1.29 is 4.57 Å². The van der Waals surface area contributed by atoms with Gasteiger partial charge in [-0.15, -0.1) is 0 Å². The zero-order valence-electron chi connectivity index (χ0n) is 11.2. The van der Waals surface area contributed by atoms with Crippen LogP contribution in [0.5, 0.6) is 0 Å². The number of aryl methyl sites for hydroxylation is 4. The fourth-order valence-electron chi connectivity index (χ4n) is 2.15. The summed E-state index contributed by atoms with van der Waals surface area (Å²) in [5.41, 5.74) is 7.57. The highest BCUT2D eigenvalue weighted by molar-refractivity contribution is 5.64. The first kappa shape index (κ1) is 11.8. The van der Waals surface area contributed by atoms with Crippen LogP contribution in [0.4, 0.5) is 0 Å². The molecule has 0 saturated carbocycles. The Hall–Kier alpha value is -1.70. The van der Waals surface area contributed by atoms with E-state index in [9.17, 15) is 0 Å². The second-order valence-electron chi connectivity index (χ2n) is 4.78. The molecular weight excluding hydrogens is 208 g/mol. The average Bonchev–Trinajstić information content (AvgIpc) is 2.27. The van der Waals surface area contributed by atoms with Crippen molar-refractivity contribution in [1.82, 2.24) is 4.98 Å².